The second-order valence-corrected chi connectivity index (χ2v) is 9.84. The number of thioether (sulfide) groups is 2. The predicted molar refractivity (Wildman–Crippen MR) is 130 cm³/mol. The van der Waals surface area contributed by atoms with Gasteiger partial charge in [0.2, 0.25) is 0 Å². The number of fused-ring (bicyclic) bond motifs is 1. The maximum atomic E-state index is 11.7. The van der Waals surface area contributed by atoms with Gasteiger partial charge in [0.25, 0.3) is 5.69 Å². The van der Waals surface area contributed by atoms with Crippen molar-refractivity contribution in [2.75, 3.05) is 12.4 Å². The van der Waals surface area contributed by atoms with Gasteiger partial charge >= 0.3 is 0 Å². The van der Waals surface area contributed by atoms with E-state index in [9.17, 15) is 10.1 Å². The fraction of sp³-hybridized carbons (Fsp3) is 0.174. The van der Waals surface area contributed by atoms with Crippen molar-refractivity contribution in [3.05, 3.63) is 93.1 Å². The zero-order valence-electron chi connectivity index (χ0n) is 16.8. The maximum Gasteiger partial charge on any atom is 0.272 e. The fourth-order valence-corrected chi connectivity index (χ4v) is 5.75. The first-order valence-corrected chi connectivity index (χ1v) is 12.4. The van der Waals surface area contributed by atoms with E-state index in [2.05, 4.69) is 0 Å². The quantitative estimate of drug-likeness (QED) is 0.174. The van der Waals surface area contributed by atoms with Crippen LogP contribution >= 0.6 is 35.1 Å². The van der Waals surface area contributed by atoms with Crippen LogP contribution in [0.4, 0.5) is 5.69 Å². The number of non-ortho nitro benzene ring substituents is 1. The molecular formula is C23H18ClN3O3S2. The minimum Gasteiger partial charge on any atom is -0.360 e. The summed E-state index contributed by atoms with van der Waals surface area (Å²) >= 11 is 9.26. The van der Waals surface area contributed by atoms with Crippen LogP contribution in [0, 0.1) is 10.1 Å². The van der Waals surface area contributed by atoms with E-state index in [0.717, 1.165) is 33.0 Å². The van der Waals surface area contributed by atoms with Crippen LogP contribution in [0.3, 0.4) is 0 Å². The van der Waals surface area contributed by atoms with E-state index in [0.29, 0.717) is 22.9 Å². The summed E-state index contributed by atoms with van der Waals surface area (Å²) < 4.78 is 7.72. The van der Waals surface area contributed by atoms with Gasteiger partial charge in [-0.05, 0) is 29.8 Å². The Morgan fingerprint density at radius 3 is 2.66 bits per heavy atom. The van der Waals surface area contributed by atoms with E-state index in [4.69, 9.17) is 21.4 Å². The second-order valence-electron chi connectivity index (χ2n) is 7.22. The van der Waals surface area contributed by atoms with Gasteiger partial charge in [-0.25, -0.2) is 4.68 Å². The van der Waals surface area contributed by atoms with Crippen molar-refractivity contribution in [2.45, 2.75) is 16.1 Å². The molecule has 0 aliphatic carbocycles. The van der Waals surface area contributed by atoms with Gasteiger partial charge < -0.3 is 4.74 Å². The first-order valence-electron chi connectivity index (χ1n) is 9.97. The molecule has 1 aliphatic rings. The Balaban J connectivity index is 1.67. The number of para-hydroxylation sites is 1. The van der Waals surface area contributed by atoms with E-state index >= 15 is 0 Å². The number of nitrogens with zero attached hydrogens (tertiary/aromatic N) is 3. The molecule has 0 radical (unpaired) electrons. The third kappa shape index (κ3) is 4.23. The number of nitro benzene ring substituents is 1. The van der Waals surface area contributed by atoms with Gasteiger partial charge in [0, 0.05) is 38.9 Å². The normalized spacial score (nSPS) is 16.0. The largest absolute Gasteiger partial charge is 0.360 e. The molecule has 0 spiro atoms. The minimum atomic E-state index is -0.353. The minimum absolute atomic E-state index is 0.0414. The van der Waals surface area contributed by atoms with E-state index in [1.54, 1.807) is 40.3 Å². The highest BCUT2D eigenvalue weighted by Gasteiger charge is 2.28. The highest BCUT2D eigenvalue weighted by atomic mass is 35.5. The molecule has 0 N–H and O–H groups in total. The number of hydrogen-bond donors (Lipinski definition) is 0. The van der Waals surface area contributed by atoms with Crippen molar-refractivity contribution >= 4 is 51.7 Å². The summed E-state index contributed by atoms with van der Waals surface area (Å²) in [5, 5.41) is 18.2. The Morgan fingerprint density at radius 1 is 1.19 bits per heavy atom. The Morgan fingerprint density at radius 2 is 1.97 bits per heavy atom. The van der Waals surface area contributed by atoms with Gasteiger partial charge in [0.1, 0.15) is 11.1 Å². The molecule has 4 aromatic rings. The number of rotatable bonds is 6. The molecule has 32 heavy (non-hydrogen) atoms. The lowest BCUT2D eigenvalue weighted by Crippen LogP contribution is -1.99. The van der Waals surface area contributed by atoms with Gasteiger partial charge in [-0.2, -0.15) is 5.10 Å². The molecule has 0 saturated carbocycles. The molecule has 2 heterocycles. The van der Waals surface area contributed by atoms with E-state index < -0.39 is 0 Å². The summed E-state index contributed by atoms with van der Waals surface area (Å²) in [6, 6.07) is 20.5. The highest BCUT2D eigenvalue weighted by molar-refractivity contribution is 7.99. The first kappa shape index (κ1) is 21.3. The van der Waals surface area contributed by atoms with Crippen molar-refractivity contribution in [3.8, 4) is 5.69 Å². The molecule has 1 atom stereocenters. The molecule has 162 valence electrons. The topological polar surface area (TPSA) is 70.2 Å². The van der Waals surface area contributed by atoms with E-state index in [1.165, 1.54) is 0 Å². The standard InChI is InChI=1S/C23H18ClN3O3S2/c24-16-8-6-15(7-9-16)14-32-20-13-18(27(28)29)12-19-21(20)22(23-30-10-11-31-23)25-26(19)17-4-2-1-3-5-17/h1-9,12-13,23H,10-11,14H2/t23-/m1/s1. The summed E-state index contributed by atoms with van der Waals surface area (Å²) in [5.41, 5.74) is 3.29. The lowest BCUT2D eigenvalue weighted by molar-refractivity contribution is -0.384. The third-order valence-corrected chi connectivity index (χ3v) is 7.55. The molecule has 5 rings (SSSR count). The summed E-state index contributed by atoms with van der Waals surface area (Å²) in [6.45, 7) is 0.662. The zero-order chi connectivity index (χ0) is 22.1. The van der Waals surface area contributed by atoms with Gasteiger partial charge in [-0.15, -0.1) is 23.5 Å². The number of aromatic nitrogens is 2. The summed E-state index contributed by atoms with van der Waals surface area (Å²) in [4.78, 5) is 12.2. The number of hydrogen-bond acceptors (Lipinski definition) is 6. The van der Waals surface area contributed by atoms with Crippen LogP contribution in [-0.2, 0) is 10.5 Å². The predicted octanol–water partition coefficient (Wildman–Crippen LogP) is 6.64. The van der Waals surface area contributed by atoms with Crippen LogP contribution in [0.15, 0.2) is 71.6 Å². The Kier molecular flexibility index (Phi) is 6.10. The Labute approximate surface area is 198 Å². The molecule has 0 unspecified atom stereocenters. The molecule has 1 aromatic heterocycles. The SMILES string of the molecule is O=[N+]([O-])c1cc(SCc2ccc(Cl)cc2)c2c([C@@H]3OCCS3)nn(-c3ccccc3)c2c1. The van der Waals surface area contributed by atoms with Gasteiger partial charge in [-0.3, -0.25) is 10.1 Å². The Bertz CT molecular complexity index is 1270. The first-order chi connectivity index (χ1) is 15.6. The van der Waals surface area contributed by atoms with Gasteiger partial charge in [0.15, 0.2) is 0 Å². The average molecular weight is 484 g/mol. The number of ether oxygens (including phenoxy) is 1. The van der Waals surface area contributed by atoms with Crippen LogP contribution in [0.1, 0.15) is 16.7 Å². The molecule has 1 aliphatic heterocycles. The monoisotopic (exact) mass is 483 g/mol. The van der Waals surface area contributed by atoms with E-state index in [-0.39, 0.29) is 16.0 Å². The van der Waals surface area contributed by atoms with Crippen molar-refractivity contribution in [1.82, 2.24) is 9.78 Å². The van der Waals surface area contributed by atoms with Crippen molar-refractivity contribution in [2.24, 2.45) is 0 Å². The third-order valence-electron chi connectivity index (χ3n) is 5.12. The number of benzene rings is 3. The van der Waals surface area contributed by atoms with Crippen LogP contribution in [0.2, 0.25) is 5.02 Å². The average Bonchev–Trinajstić information content (AvgIpc) is 3.47. The van der Waals surface area contributed by atoms with Crippen molar-refractivity contribution in [3.63, 3.8) is 0 Å². The lowest BCUT2D eigenvalue weighted by atomic mass is 10.2. The molecule has 6 nitrogen and oxygen atoms in total. The summed E-state index contributed by atoms with van der Waals surface area (Å²) in [6.07, 6.45) is 0. The Hall–Kier alpha value is -2.52. The zero-order valence-corrected chi connectivity index (χ0v) is 19.2. The van der Waals surface area contributed by atoms with Gasteiger partial charge in [-0.1, -0.05) is 41.9 Å². The summed E-state index contributed by atoms with van der Waals surface area (Å²) in [5.74, 6) is 1.55. The summed E-state index contributed by atoms with van der Waals surface area (Å²) in [7, 11) is 0. The number of halogens is 1. The lowest BCUT2D eigenvalue weighted by Gasteiger charge is -2.09. The van der Waals surface area contributed by atoms with Gasteiger partial charge in [0.05, 0.1) is 22.7 Å². The molecule has 1 saturated heterocycles. The molecule has 3 aromatic carbocycles. The van der Waals surface area contributed by atoms with Crippen LogP contribution in [0.25, 0.3) is 16.6 Å². The maximum absolute atomic E-state index is 11.7. The molecule has 0 amide bonds. The molecular weight excluding hydrogens is 466 g/mol. The fourth-order valence-electron chi connectivity index (χ4n) is 3.63. The second kappa shape index (κ2) is 9.15. The van der Waals surface area contributed by atoms with E-state index in [1.807, 2.05) is 54.6 Å². The van der Waals surface area contributed by atoms with Crippen molar-refractivity contribution in [1.29, 1.82) is 0 Å². The van der Waals surface area contributed by atoms with Crippen LogP contribution < -0.4 is 0 Å². The van der Waals surface area contributed by atoms with Crippen LogP contribution in [-0.4, -0.2) is 27.1 Å². The molecule has 0 bridgehead atoms. The molecule has 9 heteroatoms. The smallest absolute Gasteiger partial charge is 0.272 e. The molecule has 1 fully saturated rings. The number of nitro groups is 1. The highest BCUT2D eigenvalue weighted by Crippen LogP contribution is 2.43. The van der Waals surface area contributed by atoms with Crippen molar-refractivity contribution < 1.29 is 9.66 Å². The van der Waals surface area contributed by atoms with Crippen LogP contribution in [0.5, 0.6) is 0 Å².